The van der Waals surface area contributed by atoms with Crippen LogP contribution >= 0.6 is 0 Å². The molecule has 0 aliphatic carbocycles. The molecule has 0 saturated carbocycles. The highest BCUT2D eigenvalue weighted by Crippen LogP contribution is 2.22. The summed E-state index contributed by atoms with van der Waals surface area (Å²) >= 11 is 0. The number of hydrogen-bond donors (Lipinski definition) is 1. The third kappa shape index (κ3) is 3.16. The molecule has 4 rings (SSSR count). The normalized spacial score (nSPS) is 17.2. The number of carbonyl (C=O) groups excluding carboxylic acids is 2. The van der Waals surface area contributed by atoms with Gasteiger partial charge < -0.3 is 4.90 Å². The zero-order valence-electron chi connectivity index (χ0n) is 15.0. The average Bonchev–Trinajstić information content (AvgIpc) is 3.09. The van der Waals surface area contributed by atoms with E-state index in [1.165, 1.54) is 10.7 Å². The Morgan fingerprint density at radius 2 is 2.00 bits per heavy atom. The van der Waals surface area contributed by atoms with Gasteiger partial charge >= 0.3 is 0 Å². The van der Waals surface area contributed by atoms with Crippen LogP contribution in [0.25, 0.3) is 5.65 Å². The lowest BCUT2D eigenvalue weighted by Gasteiger charge is -2.31. The Morgan fingerprint density at radius 1 is 1.22 bits per heavy atom. The van der Waals surface area contributed by atoms with E-state index in [0.717, 1.165) is 18.5 Å². The molecule has 1 aliphatic heterocycles. The van der Waals surface area contributed by atoms with Crippen LogP contribution in [0.2, 0.25) is 0 Å². The predicted molar refractivity (Wildman–Crippen MR) is 99.9 cm³/mol. The van der Waals surface area contributed by atoms with Crippen molar-refractivity contribution < 1.29 is 9.59 Å². The van der Waals surface area contributed by atoms with E-state index in [4.69, 9.17) is 0 Å². The second-order valence-electron chi connectivity index (χ2n) is 6.93. The molecule has 1 aliphatic rings. The van der Waals surface area contributed by atoms with Gasteiger partial charge in [-0.3, -0.25) is 19.5 Å². The zero-order valence-corrected chi connectivity index (χ0v) is 15.0. The summed E-state index contributed by atoms with van der Waals surface area (Å²) in [6.07, 6.45) is 2.80. The molecule has 0 spiro atoms. The molecule has 1 aromatic carbocycles. The highest BCUT2D eigenvalue weighted by molar-refractivity contribution is 5.99. The standard InChI is InChI=1S/C20H20N4O3/c1-13-10-17-21-11-16(20(27)24(17)22-13)19(26)23-9-5-8-15(12-23)18(25)14-6-3-2-4-7-14/h2-4,6-7,10-11,15,22H,5,8-9,12H2,1H3/t15-/m1/s1. The quantitative estimate of drug-likeness (QED) is 0.721. The van der Waals surface area contributed by atoms with E-state index in [-0.39, 0.29) is 23.2 Å². The lowest BCUT2D eigenvalue weighted by Crippen LogP contribution is -2.44. The minimum absolute atomic E-state index is 0.0159. The monoisotopic (exact) mass is 364 g/mol. The van der Waals surface area contributed by atoms with Gasteiger partial charge in [0.25, 0.3) is 11.5 Å². The maximum absolute atomic E-state index is 12.9. The Balaban J connectivity index is 1.58. The van der Waals surface area contributed by atoms with Crippen LogP contribution in [0.3, 0.4) is 0 Å². The van der Waals surface area contributed by atoms with Crippen molar-refractivity contribution in [2.24, 2.45) is 5.92 Å². The second-order valence-corrected chi connectivity index (χ2v) is 6.93. The number of aromatic nitrogens is 3. The smallest absolute Gasteiger partial charge is 0.285 e. The van der Waals surface area contributed by atoms with E-state index in [2.05, 4.69) is 10.1 Å². The van der Waals surface area contributed by atoms with Crippen LogP contribution in [-0.2, 0) is 0 Å². The van der Waals surface area contributed by atoms with E-state index in [9.17, 15) is 14.4 Å². The number of carbonyl (C=O) groups is 2. The van der Waals surface area contributed by atoms with Crippen molar-refractivity contribution in [2.45, 2.75) is 19.8 Å². The topological polar surface area (TPSA) is 87.5 Å². The van der Waals surface area contributed by atoms with Crippen molar-refractivity contribution in [3.63, 3.8) is 0 Å². The molecule has 7 nitrogen and oxygen atoms in total. The molecule has 3 aromatic rings. The third-order valence-corrected chi connectivity index (χ3v) is 4.99. The Labute approximate surface area is 155 Å². The molecule has 0 radical (unpaired) electrons. The van der Waals surface area contributed by atoms with Gasteiger partial charge in [-0.1, -0.05) is 30.3 Å². The highest BCUT2D eigenvalue weighted by atomic mass is 16.2. The summed E-state index contributed by atoms with van der Waals surface area (Å²) in [5, 5.41) is 2.89. The summed E-state index contributed by atoms with van der Waals surface area (Å²) in [6.45, 7) is 2.67. The summed E-state index contributed by atoms with van der Waals surface area (Å²) in [7, 11) is 0. The Hall–Kier alpha value is -3.22. The Morgan fingerprint density at radius 3 is 2.78 bits per heavy atom. The minimum Gasteiger partial charge on any atom is -0.338 e. The van der Waals surface area contributed by atoms with E-state index in [1.54, 1.807) is 23.1 Å². The number of piperidine rings is 1. The predicted octanol–water partition coefficient (Wildman–Crippen LogP) is 2.07. The van der Waals surface area contributed by atoms with Gasteiger partial charge in [-0.2, -0.15) is 0 Å². The molecule has 27 heavy (non-hydrogen) atoms. The number of fused-ring (bicyclic) bond motifs is 1. The molecular formula is C20H20N4O3. The van der Waals surface area contributed by atoms with Crippen LogP contribution in [0, 0.1) is 12.8 Å². The lowest BCUT2D eigenvalue weighted by atomic mass is 9.90. The number of H-pyrrole nitrogens is 1. The largest absolute Gasteiger partial charge is 0.338 e. The van der Waals surface area contributed by atoms with Crippen LogP contribution in [-0.4, -0.2) is 44.3 Å². The molecule has 0 unspecified atom stereocenters. The van der Waals surface area contributed by atoms with Gasteiger partial charge in [0, 0.05) is 42.5 Å². The molecule has 3 heterocycles. The molecule has 1 atom stereocenters. The second kappa shape index (κ2) is 6.83. The van der Waals surface area contributed by atoms with E-state index >= 15 is 0 Å². The number of aromatic amines is 1. The summed E-state index contributed by atoms with van der Waals surface area (Å²) in [5.41, 5.74) is 1.51. The van der Waals surface area contributed by atoms with Crippen molar-refractivity contribution in [3.05, 3.63) is 69.8 Å². The van der Waals surface area contributed by atoms with Crippen LogP contribution in [0.5, 0.6) is 0 Å². The third-order valence-electron chi connectivity index (χ3n) is 4.99. The fraction of sp³-hybridized carbons (Fsp3) is 0.300. The molecular weight excluding hydrogens is 344 g/mol. The van der Waals surface area contributed by atoms with Gasteiger partial charge in [0.1, 0.15) is 5.56 Å². The number of ketones is 1. The average molecular weight is 364 g/mol. The van der Waals surface area contributed by atoms with Gasteiger partial charge in [0.15, 0.2) is 11.4 Å². The van der Waals surface area contributed by atoms with Crippen molar-refractivity contribution >= 4 is 17.3 Å². The number of Topliss-reactive ketones (excluding diaryl/α,β-unsaturated/α-hetero) is 1. The number of likely N-dealkylation sites (tertiary alicyclic amines) is 1. The van der Waals surface area contributed by atoms with E-state index in [0.29, 0.717) is 24.3 Å². The lowest BCUT2D eigenvalue weighted by molar-refractivity contribution is 0.0635. The zero-order chi connectivity index (χ0) is 19.0. The first-order valence-corrected chi connectivity index (χ1v) is 9.00. The van der Waals surface area contributed by atoms with Gasteiger partial charge in [-0.25, -0.2) is 9.50 Å². The molecule has 7 heteroatoms. The molecule has 2 aromatic heterocycles. The van der Waals surface area contributed by atoms with Crippen molar-refractivity contribution in [2.75, 3.05) is 13.1 Å². The molecule has 1 amide bonds. The molecule has 1 saturated heterocycles. The summed E-state index contributed by atoms with van der Waals surface area (Å²) < 4.78 is 1.28. The number of nitrogens with one attached hydrogen (secondary N) is 1. The van der Waals surface area contributed by atoms with Crippen LogP contribution < -0.4 is 5.56 Å². The van der Waals surface area contributed by atoms with Crippen molar-refractivity contribution in [1.82, 2.24) is 19.5 Å². The SMILES string of the molecule is Cc1cc2ncc(C(=O)N3CCC[C@@H](C(=O)c4ccccc4)C3)c(=O)n2[nH]1. The first kappa shape index (κ1) is 17.2. The Bertz CT molecular complexity index is 1070. The first-order chi connectivity index (χ1) is 13.0. The fourth-order valence-electron chi connectivity index (χ4n) is 3.61. The molecule has 1 fully saturated rings. The number of rotatable bonds is 3. The number of nitrogens with zero attached hydrogens (tertiary/aromatic N) is 3. The Kier molecular flexibility index (Phi) is 4.35. The minimum atomic E-state index is -0.422. The van der Waals surface area contributed by atoms with E-state index < -0.39 is 5.56 Å². The summed E-state index contributed by atoms with van der Waals surface area (Å²) in [5.74, 6) is -0.588. The fourth-order valence-corrected chi connectivity index (χ4v) is 3.61. The van der Waals surface area contributed by atoms with Gasteiger partial charge in [-0.15, -0.1) is 0 Å². The summed E-state index contributed by atoms with van der Waals surface area (Å²) in [6, 6.07) is 10.9. The number of hydrogen-bond acceptors (Lipinski definition) is 4. The molecule has 0 bridgehead atoms. The van der Waals surface area contributed by atoms with Crippen molar-refractivity contribution in [3.8, 4) is 0 Å². The van der Waals surface area contributed by atoms with Crippen LogP contribution in [0.1, 0.15) is 39.3 Å². The van der Waals surface area contributed by atoms with Gasteiger partial charge in [0.05, 0.1) is 0 Å². The van der Waals surface area contributed by atoms with Crippen molar-refractivity contribution in [1.29, 1.82) is 0 Å². The highest BCUT2D eigenvalue weighted by Gasteiger charge is 2.30. The van der Waals surface area contributed by atoms with Gasteiger partial charge in [0.2, 0.25) is 0 Å². The maximum Gasteiger partial charge on any atom is 0.285 e. The van der Waals surface area contributed by atoms with Gasteiger partial charge in [-0.05, 0) is 19.8 Å². The van der Waals surface area contributed by atoms with Crippen LogP contribution in [0.15, 0.2) is 47.4 Å². The van der Waals surface area contributed by atoms with Crippen LogP contribution in [0.4, 0.5) is 0 Å². The molecule has 138 valence electrons. The number of aryl methyl sites for hydroxylation is 1. The molecule has 1 N–H and O–H groups in total. The number of benzene rings is 1. The maximum atomic E-state index is 12.9. The summed E-state index contributed by atoms with van der Waals surface area (Å²) in [4.78, 5) is 44.1. The first-order valence-electron chi connectivity index (χ1n) is 9.00. The van der Waals surface area contributed by atoms with E-state index in [1.807, 2.05) is 25.1 Å². The number of amides is 1.